The van der Waals surface area contributed by atoms with Crippen molar-refractivity contribution in [1.29, 1.82) is 0 Å². The van der Waals surface area contributed by atoms with Crippen LogP contribution in [0.2, 0.25) is 0 Å². The van der Waals surface area contributed by atoms with E-state index in [0.717, 1.165) is 24.3 Å². The summed E-state index contributed by atoms with van der Waals surface area (Å²) in [6, 6.07) is 5.39. The zero-order chi connectivity index (χ0) is 15.8. The van der Waals surface area contributed by atoms with Crippen molar-refractivity contribution < 1.29 is 30.7 Å². The Hall–Kier alpha value is -2.05. The predicted molar refractivity (Wildman–Crippen MR) is 61.8 cm³/mol. The fraction of sp³-hybridized carbons (Fsp3) is 0.143. The van der Waals surface area contributed by atoms with Crippen molar-refractivity contribution in [2.45, 2.75) is 12.4 Å². The Bertz CT molecular complexity index is 653. The van der Waals surface area contributed by atoms with Crippen LogP contribution >= 0.6 is 0 Å². The smallest absolute Gasteiger partial charge is 0.206 e. The zero-order valence-electron chi connectivity index (χ0n) is 10.2. The van der Waals surface area contributed by atoms with Gasteiger partial charge in [0, 0.05) is 5.56 Å². The van der Waals surface area contributed by atoms with E-state index >= 15 is 0 Å². The third-order valence-electron chi connectivity index (χ3n) is 2.80. The van der Waals surface area contributed by atoms with Crippen molar-refractivity contribution in [2.24, 2.45) is 0 Å². The van der Waals surface area contributed by atoms with E-state index in [1.807, 2.05) is 0 Å². The maximum atomic E-state index is 13.7. The fourth-order valence-electron chi connectivity index (χ4n) is 1.90. The van der Waals surface area contributed by atoms with Crippen LogP contribution in [-0.4, -0.2) is 0 Å². The van der Waals surface area contributed by atoms with E-state index in [2.05, 4.69) is 0 Å². The van der Waals surface area contributed by atoms with Gasteiger partial charge in [0.05, 0.1) is 11.1 Å². The molecule has 112 valence electrons. The fourth-order valence-corrected chi connectivity index (χ4v) is 1.90. The van der Waals surface area contributed by atoms with Crippen molar-refractivity contribution in [1.82, 2.24) is 0 Å². The Morgan fingerprint density at radius 1 is 0.714 bits per heavy atom. The number of rotatable bonds is 1. The lowest BCUT2D eigenvalue weighted by atomic mass is 9.97. The first-order valence-corrected chi connectivity index (χ1v) is 5.64. The van der Waals surface area contributed by atoms with E-state index in [4.69, 9.17) is 0 Å². The topological polar surface area (TPSA) is 0 Å². The van der Waals surface area contributed by atoms with Gasteiger partial charge < -0.3 is 0 Å². The molecule has 2 rings (SSSR count). The molecule has 21 heavy (non-hydrogen) atoms. The SMILES string of the molecule is Fc1cccc(C(F)(F)F)c1-c1cccc(C(F)(F)F)c1. The maximum absolute atomic E-state index is 13.7. The predicted octanol–water partition coefficient (Wildman–Crippen LogP) is 5.53. The molecule has 0 saturated heterocycles. The van der Waals surface area contributed by atoms with Gasteiger partial charge in [-0.3, -0.25) is 0 Å². The summed E-state index contributed by atoms with van der Waals surface area (Å²) < 4.78 is 90.1. The highest BCUT2D eigenvalue weighted by Gasteiger charge is 2.36. The molecule has 0 aliphatic carbocycles. The van der Waals surface area contributed by atoms with Crippen molar-refractivity contribution in [3.05, 3.63) is 59.4 Å². The molecule has 2 aromatic rings. The second-order valence-corrected chi connectivity index (χ2v) is 4.24. The summed E-state index contributed by atoms with van der Waals surface area (Å²) in [6.07, 6.45) is -9.59. The number of hydrogen-bond acceptors (Lipinski definition) is 0. The minimum Gasteiger partial charge on any atom is -0.206 e. The van der Waals surface area contributed by atoms with Crippen LogP contribution in [0, 0.1) is 5.82 Å². The molecule has 0 radical (unpaired) electrons. The second-order valence-electron chi connectivity index (χ2n) is 4.24. The summed E-state index contributed by atoms with van der Waals surface area (Å²) in [4.78, 5) is 0. The van der Waals surface area contributed by atoms with E-state index in [0.29, 0.717) is 18.2 Å². The molecule has 0 nitrogen and oxygen atoms in total. The van der Waals surface area contributed by atoms with Crippen LogP contribution in [0.1, 0.15) is 11.1 Å². The Morgan fingerprint density at radius 3 is 1.90 bits per heavy atom. The van der Waals surface area contributed by atoms with Crippen molar-refractivity contribution in [2.75, 3.05) is 0 Å². The summed E-state index contributed by atoms with van der Waals surface area (Å²) in [5.74, 6) is -1.23. The number of alkyl halides is 6. The van der Waals surface area contributed by atoms with Gasteiger partial charge in [-0.05, 0) is 29.8 Å². The lowest BCUT2D eigenvalue weighted by Gasteiger charge is -2.15. The first kappa shape index (κ1) is 15.3. The van der Waals surface area contributed by atoms with Gasteiger partial charge >= 0.3 is 12.4 Å². The lowest BCUT2D eigenvalue weighted by molar-refractivity contribution is -0.137. The molecule has 0 aromatic heterocycles. The molecular weight excluding hydrogens is 301 g/mol. The van der Waals surface area contributed by atoms with Gasteiger partial charge in [-0.1, -0.05) is 18.2 Å². The van der Waals surface area contributed by atoms with E-state index < -0.39 is 40.4 Å². The van der Waals surface area contributed by atoms with Crippen molar-refractivity contribution in [3.8, 4) is 11.1 Å². The van der Waals surface area contributed by atoms with E-state index in [-0.39, 0.29) is 0 Å². The summed E-state index contributed by atoms with van der Waals surface area (Å²) in [7, 11) is 0. The number of halogens is 7. The van der Waals surface area contributed by atoms with Crippen LogP contribution in [0.25, 0.3) is 11.1 Å². The Balaban J connectivity index is 2.68. The first-order valence-electron chi connectivity index (χ1n) is 5.64. The van der Waals surface area contributed by atoms with Crippen LogP contribution < -0.4 is 0 Å². The number of hydrogen-bond donors (Lipinski definition) is 0. The molecule has 0 aliphatic heterocycles. The monoisotopic (exact) mass is 308 g/mol. The third kappa shape index (κ3) is 3.17. The van der Waals surface area contributed by atoms with Crippen molar-refractivity contribution in [3.63, 3.8) is 0 Å². The summed E-state index contributed by atoms with van der Waals surface area (Å²) in [5, 5.41) is 0. The Morgan fingerprint density at radius 2 is 1.33 bits per heavy atom. The minimum atomic E-state index is -4.87. The molecule has 0 N–H and O–H groups in total. The minimum absolute atomic E-state index is 0.477. The average Bonchev–Trinajstić information content (AvgIpc) is 2.36. The molecule has 0 heterocycles. The molecular formula is C14H7F7. The summed E-state index contributed by atoms with van der Waals surface area (Å²) in [6.45, 7) is 0. The number of benzene rings is 2. The molecule has 0 fully saturated rings. The van der Waals surface area contributed by atoms with Crippen LogP contribution in [-0.2, 0) is 12.4 Å². The molecule has 0 bridgehead atoms. The Labute approximate surface area is 114 Å². The lowest BCUT2D eigenvalue weighted by Crippen LogP contribution is -2.09. The quantitative estimate of drug-likeness (QED) is 0.608. The summed E-state index contributed by atoms with van der Waals surface area (Å²) in [5.41, 5.74) is -3.83. The van der Waals surface area contributed by atoms with Gasteiger partial charge in [0.1, 0.15) is 5.82 Å². The normalized spacial score (nSPS) is 12.5. The molecule has 2 aromatic carbocycles. The van der Waals surface area contributed by atoms with Crippen LogP contribution in [0.15, 0.2) is 42.5 Å². The van der Waals surface area contributed by atoms with Gasteiger partial charge in [-0.25, -0.2) is 4.39 Å². The first-order chi connectivity index (χ1) is 9.60. The molecule has 0 saturated carbocycles. The van der Waals surface area contributed by atoms with Gasteiger partial charge in [-0.2, -0.15) is 26.3 Å². The van der Waals surface area contributed by atoms with Crippen LogP contribution in [0.3, 0.4) is 0 Å². The third-order valence-corrected chi connectivity index (χ3v) is 2.80. The second kappa shape index (κ2) is 5.05. The molecule has 0 aliphatic rings. The van der Waals surface area contributed by atoms with Gasteiger partial charge in [-0.15, -0.1) is 0 Å². The van der Waals surface area contributed by atoms with E-state index in [1.54, 1.807) is 0 Å². The molecule has 0 spiro atoms. The van der Waals surface area contributed by atoms with E-state index in [9.17, 15) is 30.7 Å². The largest absolute Gasteiger partial charge is 0.417 e. The Kier molecular flexibility index (Phi) is 3.69. The highest BCUT2D eigenvalue weighted by Crippen LogP contribution is 2.40. The van der Waals surface area contributed by atoms with Crippen LogP contribution in [0.4, 0.5) is 30.7 Å². The van der Waals surface area contributed by atoms with Gasteiger partial charge in [0.25, 0.3) is 0 Å². The molecule has 0 amide bonds. The molecule has 0 atom stereocenters. The summed E-state index contributed by atoms with van der Waals surface area (Å²) >= 11 is 0. The highest BCUT2D eigenvalue weighted by molar-refractivity contribution is 5.69. The van der Waals surface area contributed by atoms with Gasteiger partial charge in [0.2, 0.25) is 0 Å². The molecule has 7 heteroatoms. The molecule has 0 unspecified atom stereocenters. The standard InChI is InChI=1S/C14H7F7/c15-11-6-2-5-10(14(19,20)21)12(11)8-3-1-4-9(7-8)13(16,17)18/h1-7H. The van der Waals surface area contributed by atoms with Gasteiger partial charge in [0.15, 0.2) is 0 Å². The van der Waals surface area contributed by atoms with Crippen molar-refractivity contribution >= 4 is 0 Å². The van der Waals surface area contributed by atoms with Crippen LogP contribution in [0.5, 0.6) is 0 Å². The maximum Gasteiger partial charge on any atom is 0.417 e. The zero-order valence-corrected chi connectivity index (χ0v) is 10.2. The average molecular weight is 308 g/mol. The van der Waals surface area contributed by atoms with E-state index in [1.165, 1.54) is 0 Å². The highest BCUT2D eigenvalue weighted by atomic mass is 19.4.